The molecule has 2 rings (SSSR count). The number of benzene rings is 2. The number of nitrogens with two attached hydrogens (primary N) is 1. The molecule has 4 heteroatoms. The van der Waals surface area contributed by atoms with Crippen LogP contribution in [0.4, 0.5) is 11.4 Å². The van der Waals surface area contributed by atoms with Crippen LogP contribution < -0.4 is 11.1 Å². The van der Waals surface area contributed by atoms with Crippen molar-refractivity contribution in [3.63, 3.8) is 0 Å². The number of hydrogen-bond acceptors (Lipinski definition) is 2. The van der Waals surface area contributed by atoms with Crippen LogP contribution >= 0.6 is 23.8 Å². The molecule has 0 bridgehead atoms. The Kier molecular flexibility index (Phi) is 3.84. The van der Waals surface area contributed by atoms with Gasteiger partial charge in [-0.05, 0) is 42.8 Å². The van der Waals surface area contributed by atoms with Crippen LogP contribution in [0.1, 0.15) is 11.1 Å². The molecule has 0 radical (unpaired) electrons. The summed E-state index contributed by atoms with van der Waals surface area (Å²) in [4.78, 5) is 0.399. The lowest BCUT2D eigenvalue weighted by molar-refractivity contribution is 1.43. The molecular formula is C14H13ClN2S. The zero-order valence-electron chi connectivity index (χ0n) is 9.91. The maximum Gasteiger partial charge on any atom is 0.103 e. The number of rotatable bonds is 3. The molecule has 0 atom stereocenters. The Morgan fingerprint density at radius 3 is 2.39 bits per heavy atom. The molecule has 0 saturated heterocycles. The molecule has 3 N–H and O–H groups in total. The molecule has 0 aliphatic heterocycles. The maximum atomic E-state index is 6.16. The number of aryl methyl sites for hydroxylation is 1. The predicted octanol–water partition coefficient (Wildman–Crippen LogP) is 4.03. The summed E-state index contributed by atoms with van der Waals surface area (Å²) in [6.07, 6.45) is 0. The SMILES string of the molecule is Cc1cccc(Cl)c1Nc1ccc(C(N)=S)cc1. The summed E-state index contributed by atoms with van der Waals surface area (Å²) in [5, 5.41) is 3.99. The van der Waals surface area contributed by atoms with Gasteiger partial charge in [0, 0.05) is 11.3 Å². The lowest BCUT2D eigenvalue weighted by Crippen LogP contribution is -2.08. The van der Waals surface area contributed by atoms with E-state index in [1.165, 1.54) is 0 Å². The van der Waals surface area contributed by atoms with Crippen LogP contribution in [-0.4, -0.2) is 4.99 Å². The Labute approximate surface area is 117 Å². The van der Waals surface area contributed by atoms with E-state index in [4.69, 9.17) is 29.6 Å². The third-order valence-corrected chi connectivity index (χ3v) is 3.21. The molecule has 0 amide bonds. The summed E-state index contributed by atoms with van der Waals surface area (Å²) in [5.41, 5.74) is 9.37. The van der Waals surface area contributed by atoms with Crippen LogP contribution in [0.3, 0.4) is 0 Å². The van der Waals surface area contributed by atoms with Crippen molar-refractivity contribution >= 4 is 40.2 Å². The van der Waals surface area contributed by atoms with Crippen molar-refractivity contribution in [1.29, 1.82) is 0 Å². The van der Waals surface area contributed by atoms with Gasteiger partial charge in [0.1, 0.15) is 4.99 Å². The van der Waals surface area contributed by atoms with E-state index in [1.807, 2.05) is 49.4 Å². The van der Waals surface area contributed by atoms with Crippen LogP contribution in [0.25, 0.3) is 0 Å². The van der Waals surface area contributed by atoms with Crippen molar-refractivity contribution < 1.29 is 0 Å². The van der Waals surface area contributed by atoms with Gasteiger partial charge in [-0.3, -0.25) is 0 Å². The topological polar surface area (TPSA) is 38.0 Å². The van der Waals surface area contributed by atoms with Gasteiger partial charge in [-0.25, -0.2) is 0 Å². The van der Waals surface area contributed by atoms with Crippen LogP contribution in [0, 0.1) is 6.92 Å². The second-order valence-electron chi connectivity index (χ2n) is 4.00. The van der Waals surface area contributed by atoms with Crippen LogP contribution in [0.15, 0.2) is 42.5 Å². The molecule has 0 spiro atoms. The number of hydrogen-bond donors (Lipinski definition) is 2. The Morgan fingerprint density at radius 2 is 1.83 bits per heavy atom. The first kappa shape index (κ1) is 12.9. The fraction of sp³-hybridized carbons (Fsp3) is 0.0714. The standard InChI is InChI=1S/C14H13ClN2S/c1-9-3-2-4-12(15)13(9)17-11-7-5-10(6-8-11)14(16)18/h2-8,17H,1H3,(H2,16,18). The average Bonchev–Trinajstić information content (AvgIpc) is 2.34. The van der Waals surface area contributed by atoms with Gasteiger partial charge in [-0.15, -0.1) is 0 Å². The first-order valence-electron chi connectivity index (χ1n) is 5.50. The third kappa shape index (κ3) is 2.81. The number of halogens is 1. The Balaban J connectivity index is 2.26. The van der Waals surface area contributed by atoms with Crippen LogP contribution in [0.5, 0.6) is 0 Å². The Morgan fingerprint density at radius 1 is 1.17 bits per heavy atom. The fourth-order valence-corrected chi connectivity index (χ4v) is 2.06. The first-order chi connectivity index (χ1) is 8.58. The first-order valence-corrected chi connectivity index (χ1v) is 6.28. The van der Waals surface area contributed by atoms with E-state index in [9.17, 15) is 0 Å². The smallest absolute Gasteiger partial charge is 0.103 e. The van der Waals surface area contributed by atoms with E-state index < -0.39 is 0 Å². The van der Waals surface area contributed by atoms with Gasteiger partial charge in [-0.2, -0.15) is 0 Å². The van der Waals surface area contributed by atoms with Gasteiger partial charge in [-0.1, -0.05) is 36.0 Å². The average molecular weight is 277 g/mol. The van der Waals surface area contributed by atoms with Crippen molar-refractivity contribution in [1.82, 2.24) is 0 Å². The molecule has 0 fully saturated rings. The molecule has 2 aromatic carbocycles. The summed E-state index contributed by atoms with van der Waals surface area (Å²) in [6, 6.07) is 13.4. The largest absolute Gasteiger partial charge is 0.389 e. The summed E-state index contributed by atoms with van der Waals surface area (Å²) >= 11 is 11.1. The Bertz CT molecular complexity index is 559. The highest BCUT2D eigenvalue weighted by Crippen LogP contribution is 2.28. The second kappa shape index (κ2) is 5.38. The summed E-state index contributed by atoms with van der Waals surface area (Å²) in [7, 11) is 0. The van der Waals surface area contributed by atoms with E-state index >= 15 is 0 Å². The van der Waals surface area contributed by atoms with Crippen LogP contribution in [0.2, 0.25) is 5.02 Å². The molecule has 2 aromatic rings. The highest BCUT2D eigenvalue weighted by Gasteiger charge is 2.04. The highest BCUT2D eigenvalue weighted by molar-refractivity contribution is 7.80. The molecule has 2 nitrogen and oxygen atoms in total. The van der Waals surface area contributed by atoms with Gasteiger partial charge in [0.25, 0.3) is 0 Å². The number of anilines is 2. The summed E-state index contributed by atoms with van der Waals surface area (Å²) < 4.78 is 0. The summed E-state index contributed by atoms with van der Waals surface area (Å²) in [5.74, 6) is 0. The van der Waals surface area contributed by atoms with Crippen molar-refractivity contribution in [3.8, 4) is 0 Å². The Hall–Kier alpha value is -1.58. The lowest BCUT2D eigenvalue weighted by atomic mass is 10.1. The van der Waals surface area contributed by atoms with E-state index in [0.29, 0.717) is 10.0 Å². The second-order valence-corrected chi connectivity index (χ2v) is 4.85. The molecule has 0 aromatic heterocycles. The zero-order valence-corrected chi connectivity index (χ0v) is 11.5. The van der Waals surface area contributed by atoms with Gasteiger partial charge in [0.05, 0.1) is 10.7 Å². The normalized spacial score (nSPS) is 10.1. The molecule has 18 heavy (non-hydrogen) atoms. The monoisotopic (exact) mass is 276 g/mol. The molecular weight excluding hydrogens is 264 g/mol. The quantitative estimate of drug-likeness (QED) is 0.832. The van der Waals surface area contributed by atoms with Gasteiger partial charge >= 0.3 is 0 Å². The number of nitrogens with one attached hydrogen (secondary N) is 1. The molecule has 0 unspecified atom stereocenters. The van der Waals surface area contributed by atoms with E-state index in [0.717, 1.165) is 22.5 Å². The predicted molar refractivity (Wildman–Crippen MR) is 81.8 cm³/mol. The lowest BCUT2D eigenvalue weighted by Gasteiger charge is -2.11. The van der Waals surface area contributed by atoms with E-state index in [-0.39, 0.29) is 0 Å². The van der Waals surface area contributed by atoms with E-state index in [1.54, 1.807) is 0 Å². The number of thiocarbonyl (C=S) groups is 1. The molecule has 0 heterocycles. The zero-order chi connectivity index (χ0) is 13.1. The van der Waals surface area contributed by atoms with Crippen molar-refractivity contribution in [2.45, 2.75) is 6.92 Å². The third-order valence-electron chi connectivity index (χ3n) is 2.66. The van der Waals surface area contributed by atoms with Crippen molar-refractivity contribution in [2.24, 2.45) is 5.73 Å². The van der Waals surface area contributed by atoms with E-state index in [2.05, 4.69) is 5.32 Å². The van der Waals surface area contributed by atoms with Crippen LogP contribution in [-0.2, 0) is 0 Å². The number of para-hydroxylation sites is 1. The minimum atomic E-state index is 0.399. The molecule has 0 saturated carbocycles. The van der Waals surface area contributed by atoms with Crippen molar-refractivity contribution in [3.05, 3.63) is 58.6 Å². The van der Waals surface area contributed by atoms with Crippen molar-refractivity contribution in [2.75, 3.05) is 5.32 Å². The minimum absolute atomic E-state index is 0.399. The molecule has 92 valence electrons. The van der Waals surface area contributed by atoms with Gasteiger partial charge < -0.3 is 11.1 Å². The summed E-state index contributed by atoms with van der Waals surface area (Å²) in [6.45, 7) is 2.01. The fourth-order valence-electron chi connectivity index (χ4n) is 1.65. The highest BCUT2D eigenvalue weighted by atomic mass is 35.5. The molecule has 0 aliphatic rings. The maximum absolute atomic E-state index is 6.16. The molecule has 0 aliphatic carbocycles. The van der Waals surface area contributed by atoms with Gasteiger partial charge in [0.15, 0.2) is 0 Å². The van der Waals surface area contributed by atoms with Gasteiger partial charge in [0.2, 0.25) is 0 Å². The minimum Gasteiger partial charge on any atom is -0.389 e.